The Hall–Kier alpha value is -0.120. The van der Waals surface area contributed by atoms with Crippen molar-refractivity contribution in [1.29, 1.82) is 0 Å². The molecule has 0 aromatic carbocycles. The predicted octanol–water partition coefficient (Wildman–Crippen LogP) is 0.961. The molecule has 0 amide bonds. The van der Waals surface area contributed by atoms with Crippen molar-refractivity contribution in [2.45, 2.75) is 51.1 Å². The molecule has 1 aliphatic heterocycles. The van der Waals surface area contributed by atoms with E-state index in [1.807, 2.05) is 0 Å². The molecule has 3 N–H and O–H groups in total. The number of aliphatic hydroxyl groups is 1. The predicted molar refractivity (Wildman–Crippen MR) is 59.2 cm³/mol. The summed E-state index contributed by atoms with van der Waals surface area (Å²) in [7, 11) is 0. The number of nitrogens with two attached hydrogens (primary N) is 1. The van der Waals surface area contributed by atoms with Crippen LogP contribution in [0.25, 0.3) is 0 Å². The van der Waals surface area contributed by atoms with E-state index in [9.17, 15) is 0 Å². The van der Waals surface area contributed by atoms with Crippen LogP contribution in [0.3, 0.4) is 0 Å². The number of rotatable bonds is 4. The molecular formula is C11H24N2O. The first-order valence-electron chi connectivity index (χ1n) is 5.69. The Bertz CT molecular complexity index is 169. The smallest absolute Gasteiger partial charge is 0.0445 e. The summed E-state index contributed by atoms with van der Waals surface area (Å²) in [5, 5.41) is 9.02. The first-order chi connectivity index (χ1) is 6.61. The minimum atomic E-state index is 0.0836. The highest BCUT2D eigenvalue weighted by Gasteiger charge is 2.32. The molecule has 1 fully saturated rings. The van der Waals surface area contributed by atoms with Crippen LogP contribution in [0.4, 0.5) is 0 Å². The normalized spacial score (nSPS) is 25.3. The van der Waals surface area contributed by atoms with Gasteiger partial charge in [0.2, 0.25) is 0 Å². The Labute approximate surface area is 87.3 Å². The van der Waals surface area contributed by atoms with E-state index in [1.165, 1.54) is 19.3 Å². The summed E-state index contributed by atoms with van der Waals surface area (Å²) >= 11 is 0. The molecule has 84 valence electrons. The van der Waals surface area contributed by atoms with E-state index in [4.69, 9.17) is 10.8 Å². The van der Waals surface area contributed by atoms with Crippen LogP contribution in [-0.2, 0) is 0 Å². The molecule has 3 nitrogen and oxygen atoms in total. The third-order valence-corrected chi connectivity index (χ3v) is 3.37. The lowest BCUT2D eigenvalue weighted by atomic mass is 9.92. The zero-order valence-electron chi connectivity index (χ0n) is 9.50. The fraction of sp³-hybridized carbons (Fsp3) is 1.00. The van der Waals surface area contributed by atoms with Gasteiger partial charge in [-0.2, -0.15) is 0 Å². The number of nitrogens with zero attached hydrogens (tertiary/aromatic N) is 1. The second-order valence-corrected chi connectivity index (χ2v) is 4.87. The molecule has 0 aliphatic carbocycles. The van der Waals surface area contributed by atoms with E-state index < -0.39 is 0 Å². The van der Waals surface area contributed by atoms with Crippen LogP contribution in [0.5, 0.6) is 0 Å². The average molecular weight is 200 g/mol. The SMILES string of the molecule is CC(C)(CN)N1CCCCC1CCO. The summed E-state index contributed by atoms with van der Waals surface area (Å²) in [5.74, 6) is 0. The molecule has 14 heavy (non-hydrogen) atoms. The van der Waals surface area contributed by atoms with Crippen molar-refractivity contribution >= 4 is 0 Å². The summed E-state index contributed by atoms with van der Waals surface area (Å²) < 4.78 is 0. The highest BCUT2D eigenvalue weighted by Crippen LogP contribution is 2.26. The van der Waals surface area contributed by atoms with Crippen LogP contribution in [0.1, 0.15) is 39.5 Å². The second-order valence-electron chi connectivity index (χ2n) is 4.87. The maximum absolute atomic E-state index is 9.02. The van der Waals surface area contributed by atoms with E-state index in [0.717, 1.165) is 13.0 Å². The van der Waals surface area contributed by atoms with Crippen LogP contribution in [0.2, 0.25) is 0 Å². The molecule has 1 rings (SSSR count). The van der Waals surface area contributed by atoms with E-state index in [1.54, 1.807) is 0 Å². The van der Waals surface area contributed by atoms with Crippen molar-refractivity contribution in [1.82, 2.24) is 4.90 Å². The maximum atomic E-state index is 9.02. The third-order valence-electron chi connectivity index (χ3n) is 3.37. The molecule has 1 heterocycles. The fourth-order valence-electron chi connectivity index (χ4n) is 2.36. The van der Waals surface area contributed by atoms with Crippen LogP contribution in [0, 0.1) is 0 Å². The van der Waals surface area contributed by atoms with Gasteiger partial charge in [0.25, 0.3) is 0 Å². The van der Waals surface area contributed by atoms with Gasteiger partial charge in [-0.1, -0.05) is 6.42 Å². The Morgan fingerprint density at radius 3 is 2.71 bits per heavy atom. The number of aliphatic hydroxyl groups excluding tert-OH is 1. The lowest BCUT2D eigenvalue weighted by Gasteiger charge is -2.46. The number of piperidine rings is 1. The standard InChI is InChI=1S/C11H24N2O/c1-11(2,9-12)13-7-4-3-5-10(13)6-8-14/h10,14H,3-9,12H2,1-2H3. The molecule has 0 aromatic heterocycles. The molecule has 1 saturated heterocycles. The molecule has 3 heteroatoms. The quantitative estimate of drug-likeness (QED) is 0.710. The van der Waals surface area contributed by atoms with Gasteiger partial charge in [-0.25, -0.2) is 0 Å². The Morgan fingerprint density at radius 2 is 2.14 bits per heavy atom. The van der Waals surface area contributed by atoms with Gasteiger partial charge in [0, 0.05) is 24.7 Å². The van der Waals surface area contributed by atoms with Gasteiger partial charge in [0.1, 0.15) is 0 Å². The van der Waals surface area contributed by atoms with Crippen LogP contribution in [-0.4, -0.2) is 41.3 Å². The van der Waals surface area contributed by atoms with Crippen molar-refractivity contribution in [2.75, 3.05) is 19.7 Å². The molecule has 0 bridgehead atoms. The van der Waals surface area contributed by atoms with E-state index in [-0.39, 0.29) is 5.54 Å². The van der Waals surface area contributed by atoms with Gasteiger partial charge in [-0.05, 0) is 39.7 Å². The van der Waals surface area contributed by atoms with Gasteiger partial charge in [0.15, 0.2) is 0 Å². The Balaban J connectivity index is 2.61. The van der Waals surface area contributed by atoms with Gasteiger partial charge in [-0.3, -0.25) is 4.90 Å². The van der Waals surface area contributed by atoms with Gasteiger partial charge < -0.3 is 10.8 Å². The van der Waals surface area contributed by atoms with Crippen molar-refractivity contribution < 1.29 is 5.11 Å². The van der Waals surface area contributed by atoms with Crippen molar-refractivity contribution in [3.8, 4) is 0 Å². The molecule has 0 radical (unpaired) electrons. The summed E-state index contributed by atoms with van der Waals surface area (Å²) in [6.45, 7) is 6.51. The number of hydrogen-bond donors (Lipinski definition) is 2. The minimum absolute atomic E-state index is 0.0836. The third kappa shape index (κ3) is 2.69. The number of hydrogen-bond acceptors (Lipinski definition) is 3. The topological polar surface area (TPSA) is 49.5 Å². The largest absolute Gasteiger partial charge is 0.396 e. The van der Waals surface area contributed by atoms with Gasteiger partial charge in [-0.15, -0.1) is 0 Å². The van der Waals surface area contributed by atoms with Gasteiger partial charge >= 0.3 is 0 Å². The molecule has 1 atom stereocenters. The molecule has 1 aliphatic rings. The molecule has 0 aromatic rings. The zero-order valence-corrected chi connectivity index (χ0v) is 9.50. The van der Waals surface area contributed by atoms with Crippen LogP contribution in [0.15, 0.2) is 0 Å². The summed E-state index contributed by atoms with van der Waals surface area (Å²) in [5.41, 5.74) is 5.87. The van der Waals surface area contributed by atoms with Crippen LogP contribution >= 0.6 is 0 Å². The molecule has 0 spiro atoms. The van der Waals surface area contributed by atoms with E-state index >= 15 is 0 Å². The highest BCUT2D eigenvalue weighted by molar-refractivity contribution is 4.89. The lowest BCUT2D eigenvalue weighted by molar-refractivity contribution is 0.0326. The summed E-state index contributed by atoms with van der Waals surface area (Å²) in [4.78, 5) is 2.48. The monoisotopic (exact) mass is 200 g/mol. The zero-order chi connectivity index (χ0) is 10.6. The van der Waals surface area contributed by atoms with Gasteiger partial charge in [0.05, 0.1) is 0 Å². The maximum Gasteiger partial charge on any atom is 0.0445 e. The van der Waals surface area contributed by atoms with Crippen molar-refractivity contribution in [3.05, 3.63) is 0 Å². The molecule has 0 saturated carbocycles. The van der Waals surface area contributed by atoms with Crippen LogP contribution < -0.4 is 5.73 Å². The number of likely N-dealkylation sites (tertiary alicyclic amines) is 1. The Morgan fingerprint density at radius 1 is 1.43 bits per heavy atom. The van der Waals surface area contributed by atoms with Crippen molar-refractivity contribution in [2.24, 2.45) is 5.73 Å². The van der Waals surface area contributed by atoms with E-state index in [2.05, 4.69) is 18.7 Å². The minimum Gasteiger partial charge on any atom is -0.396 e. The molecule has 1 unspecified atom stereocenters. The summed E-state index contributed by atoms with van der Waals surface area (Å²) in [6.07, 6.45) is 4.67. The molecular weight excluding hydrogens is 176 g/mol. The Kier molecular flexibility index (Phi) is 4.35. The van der Waals surface area contributed by atoms with E-state index in [0.29, 0.717) is 19.2 Å². The van der Waals surface area contributed by atoms with Crippen molar-refractivity contribution in [3.63, 3.8) is 0 Å². The average Bonchev–Trinajstić information content (AvgIpc) is 2.19. The highest BCUT2D eigenvalue weighted by atomic mass is 16.3. The summed E-state index contributed by atoms with van der Waals surface area (Å²) in [6, 6.07) is 0.535. The fourth-order valence-corrected chi connectivity index (χ4v) is 2.36. The first kappa shape index (κ1) is 12.0. The first-order valence-corrected chi connectivity index (χ1v) is 5.69. The second kappa shape index (κ2) is 5.10. The lowest BCUT2D eigenvalue weighted by Crippen LogP contribution is -2.56.